The Morgan fingerprint density at radius 1 is 0.600 bits per heavy atom. The Bertz CT molecular complexity index is 2480. The zero-order valence-corrected chi connectivity index (χ0v) is 24.2. The molecule has 0 saturated heterocycles. The van der Waals surface area contributed by atoms with Crippen molar-refractivity contribution >= 4 is 60.8 Å². The van der Waals surface area contributed by atoms with E-state index in [1.54, 1.807) is 0 Å². The lowest BCUT2D eigenvalue weighted by molar-refractivity contribution is 0.907. The molecule has 4 aromatic heterocycles. The standard InChI is InChI=1S/C39H26N6/c1-4-12-33-27(8-1)30-19-21-40-24-37(30)43(33)26-16-18-38(42-23-26)45-35-14-6-3-10-29(35)32-22-25(15-17-36(32)45)44-34-13-5-2-9-28(34)31-11-7-20-41-39(31)44/h1-10,12-24,31H,11H2. The van der Waals surface area contributed by atoms with E-state index in [-0.39, 0.29) is 5.92 Å². The van der Waals surface area contributed by atoms with E-state index in [0.29, 0.717) is 0 Å². The first-order valence-electron chi connectivity index (χ1n) is 15.3. The van der Waals surface area contributed by atoms with Gasteiger partial charge in [0, 0.05) is 45.5 Å². The van der Waals surface area contributed by atoms with Crippen molar-refractivity contribution < 1.29 is 0 Å². The summed E-state index contributed by atoms with van der Waals surface area (Å²) in [7, 11) is 0. The molecule has 8 aromatic rings. The van der Waals surface area contributed by atoms with Crippen molar-refractivity contribution in [2.45, 2.75) is 12.3 Å². The van der Waals surface area contributed by atoms with Crippen LogP contribution in [0.2, 0.25) is 0 Å². The van der Waals surface area contributed by atoms with Crippen LogP contribution in [0.1, 0.15) is 17.9 Å². The summed E-state index contributed by atoms with van der Waals surface area (Å²) >= 11 is 0. The lowest BCUT2D eigenvalue weighted by Crippen LogP contribution is -2.25. The Morgan fingerprint density at radius 2 is 1.33 bits per heavy atom. The fraction of sp³-hybridized carbons (Fsp3) is 0.0513. The third kappa shape index (κ3) is 3.42. The SMILES string of the molecule is C1=CN=C2C(C1)c1ccccc1N2c1ccc2c(c1)c1ccccc1n2-c1ccc(-n2c3ccccc3c3ccncc32)cn1. The summed E-state index contributed by atoms with van der Waals surface area (Å²) < 4.78 is 4.52. The smallest absolute Gasteiger partial charge is 0.137 e. The minimum absolute atomic E-state index is 0.288. The first-order chi connectivity index (χ1) is 22.3. The third-order valence-electron chi connectivity index (χ3n) is 9.39. The molecule has 1 unspecified atom stereocenters. The van der Waals surface area contributed by atoms with Crippen LogP contribution in [0.25, 0.3) is 55.1 Å². The molecule has 0 spiro atoms. The molecular formula is C39H26N6. The van der Waals surface area contributed by atoms with Gasteiger partial charge in [0.15, 0.2) is 0 Å². The normalized spacial score (nSPS) is 15.7. The van der Waals surface area contributed by atoms with E-state index in [1.807, 2.05) is 24.8 Å². The number of rotatable bonds is 3. The van der Waals surface area contributed by atoms with E-state index in [1.165, 1.54) is 32.8 Å². The first-order valence-corrected chi connectivity index (χ1v) is 15.3. The highest BCUT2D eigenvalue weighted by molar-refractivity contribution is 6.17. The van der Waals surface area contributed by atoms with Gasteiger partial charge in [0.2, 0.25) is 0 Å². The molecule has 0 aliphatic carbocycles. The predicted molar refractivity (Wildman–Crippen MR) is 183 cm³/mol. The minimum atomic E-state index is 0.288. The van der Waals surface area contributed by atoms with E-state index >= 15 is 0 Å². The topological polar surface area (TPSA) is 51.2 Å². The molecule has 4 aromatic carbocycles. The third-order valence-corrected chi connectivity index (χ3v) is 9.39. The Morgan fingerprint density at radius 3 is 2.20 bits per heavy atom. The van der Waals surface area contributed by atoms with Crippen molar-refractivity contribution in [3.8, 4) is 11.5 Å². The van der Waals surface area contributed by atoms with Crippen molar-refractivity contribution in [3.05, 3.63) is 146 Å². The van der Waals surface area contributed by atoms with Gasteiger partial charge in [-0.1, -0.05) is 60.7 Å². The maximum atomic E-state index is 5.06. The highest BCUT2D eigenvalue weighted by atomic mass is 15.2. The lowest BCUT2D eigenvalue weighted by Gasteiger charge is -2.23. The Balaban J connectivity index is 1.13. The summed E-state index contributed by atoms with van der Waals surface area (Å²) in [6.45, 7) is 0. The van der Waals surface area contributed by atoms with E-state index in [0.717, 1.165) is 51.5 Å². The van der Waals surface area contributed by atoms with E-state index in [4.69, 9.17) is 9.98 Å². The van der Waals surface area contributed by atoms with Crippen LogP contribution < -0.4 is 4.90 Å². The van der Waals surface area contributed by atoms with E-state index in [9.17, 15) is 0 Å². The molecule has 0 saturated carbocycles. The fourth-order valence-electron chi connectivity index (χ4n) is 7.47. The van der Waals surface area contributed by atoms with Crippen LogP contribution >= 0.6 is 0 Å². The van der Waals surface area contributed by atoms with Crippen molar-refractivity contribution in [3.63, 3.8) is 0 Å². The average Bonchev–Trinajstić information content (AvgIpc) is 3.74. The van der Waals surface area contributed by atoms with Gasteiger partial charge in [-0.05, 0) is 66.6 Å². The second kappa shape index (κ2) is 9.24. The molecule has 212 valence electrons. The second-order valence-electron chi connectivity index (χ2n) is 11.7. The Hall–Kier alpha value is -6.01. The van der Waals surface area contributed by atoms with Crippen LogP contribution in [-0.2, 0) is 0 Å². The maximum absolute atomic E-state index is 5.06. The predicted octanol–water partition coefficient (Wildman–Crippen LogP) is 9.22. The molecule has 2 aliphatic heterocycles. The maximum Gasteiger partial charge on any atom is 0.137 e. The highest BCUT2D eigenvalue weighted by Crippen LogP contribution is 2.46. The van der Waals surface area contributed by atoms with Gasteiger partial charge >= 0.3 is 0 Å². The number of fused-ring (bicyclic) bond motifs is 9. The van der Waals surface area contributed by atoms with Gasteiger partial charge in [0.25, 0.3) is 0 Å². The van der Waals surface area contributed by atoms with Gasteiger partial charge in [0.05, 0.1) is 45.8 Å². The zero-order valence-electron chi connectivity index (χ0n) is 24.2. The van der Waals surface area contributed by atoms with Crippen molar-refractivity contribution in [1.82, 2.24) is 19.1 Å². The van der Waals surface area contributed by atoms with Crippen molar-refractivity contribution in [2.75, 3.05) is 4.90 Å². The molecule has 0 radical (unpaired) electrons. The van der Waals surface area contributed by atoms with Gasteiger partial charge in [-0.3, -0.25) is 14.5 Å². The van der Waals surface area contributed by atoms with Crippen LogP contribution in [0.5, 0.6) is 0 Å². The number of pyridine rings is 2. The van der Waals surface area contributed by atoms with Gasteiger partial charge in [-0.15, -0.1) is 0 Å². The highest BCUT2D eigenvalue weighted by Gasteiger charge is 2.36. The number of aliphatic imine (C=N–C) groups is 1. The molecule has 1 atom stereocenters. The first kappa shape index (κ1) is 24.4. The van der Waals surface area contributed by atoms with Gasteiger partial charge in [0.1, 0.15) is 11.7 Å². The molecule has 6 nitrogen and oxygen atoms in total. The number of nitrogens with zero attached hydrogens (tertiary/aromatic N) is 6. The van der Waals surface area contributed by atoms with Gasteiger partial charge < -0.3 is 4.57 Å². The molecule has 10 rings (SSSR count). The molecule has 6 heteroatoms. The van der Waals surface area contributed by atoms with Crippen LogP contribution in [0.15, 0.2) is 145 Å². The number of hydrogen-bond donors (Lipinski definition) is 0. The van der Waals surface area contributed by atoms with E-state index in [2.05, 4.69) is 134 Å². The second-order valence-corrected chi connectivity index (χ2v) is 11.7. The quantitative estimate of drug-likeness (QED) is 0.210. The summed E-state index contributed by atoms with van der Waals surface area (Å²) in [6.07, 6.45) is 10.8. The van der Waals surface area contributed by atoms with Crippen LogP contribution in [0.3, 0.4) is 0 Å². The number of benzene rings is 4. The lowest BCUT2D eigenvalue weighted by atomic mass is 9.96. The van der Waals surface area contributed by atoms with Crippen LogP contribution in [0.4, 0.5) is 11.4 Å². The molecule has 6 heterocycles. The Kier molecular flexibility index (Phi) is 5.02. The summed E-state index contributed by atoms with van der Waals surface area (Å²) in [5.41, 5.74) is 9.14. The summed E-state index contributed by atoms with van der Waals surface area (Å²) in [4.78, 5) is 16.7. The van der Waals surface area contributed by atoms with Crippen molar-refractivity contribution in [2.24, 2.45) is 4.99 Å². The molecule has 0 amide bonds. The number of aromatic nitrogens is 4. The van der Waals surface area contributed by atoms with E-state index < -0.39 is 0 Å². The number of para-hydroxylation sites is 3. The van der Waals surface area contributed by atoms with Gasteiger partial charge in [-0.2, -0.15) is 0 Å². The minimum Gasteiger partial charge on any atom is -0.306 e. The van der Waals surface area contributed by atoms with Crippen molar-refractivity contribution in [1.29, 1.82) is 0 Å². The number of amidine groups is 1. The molecule has 0 fully saturated rings. The largest absolute Gasteiger partial charge is 0.306 e. The molecule has 0 N–H and O–H groups in total. The summed E-state index contributed by atoms with van der Waals surface area (Å²) in [5.74, 6) is 2.26. The molecule has 2 aliphatic rings. The van der Waals surface area contributed by atoms with Gasteiger partial charge in [-0.25, -0.2) is 9.98 Å². The zero-order chi connectivity index (χ0) is 29.5. The summed E-state index contributed by atoms with van der Waals surface area (Å²) in [5, 5.41) is 4.78. The number of allylic oxidation sites excluding steroid dienone is 1. The fourth-order valence-corrected chi connectivity index (χ4v) is 7.47. The molecule has 0 bridgehead atoms. The number of anilines is 2. The monoisotopic (exact) mass is 578 g/mol. The molecule has 45 heavy (non-hydrogen) atoms. The average molecular weight is 579 g/mol. The van der Waals surface area contributed by atoms with Crippen LogP contribution in [0, 0.1) is 0 Å². The Labute approximate surface area is 258 Å². The molecular weight excluding hydrogens is 552 g/mol. The van der Waals surface area contributed by atoms with Crippen LogP contribution in [-0.4, -0.2) is 24.9 Å². The summed E-state index contributed by atoms with van der Waals surface area (Å²) in [6, 6.07) is 38.9. The number of hydrogen-bond acceptors (Lipinski definition) is 4.